The number of carbonyl (C=O) groups is 1. The van der Waals surface area contributed by atoms with Crippen molar-refractivity contribution < 1.29 is 9.90 Å². The van der Waals surface area contributed by atoms with E-state index in [1.54, 1.807) is 6.07 Å². The van der Waals surface area contributed by atoms with Crippen molar-refractivity contribution in [3.05, 3.63) is 40.8 Å². The van der Waals surface area contributed by atoms with Gasteiger partial charge in [0, 0.05) is 16.6 Å². The average molecular weight is 233 g/mol. The van der Waals surface area contributed by atoms with Gasteiger partial charge in [-0.3, -0.25) is 0 Å². The SMILES string of the molecule is NCC=Cc1cccc2sc(C(=O)O)cc12. The van der Waals surface area contributed by atoms with E-state index in [0.29, 0.717) is 11.4 Å². The van der Waals surface area contributed by atoms with Gasteiger partial charge in [-0.1, -0.05) is 24.3 Å². The van der Waals surface area contributed by atoms with Gasteiger partial charge in [0.25, 0.3) is 0 Å². The van der Waals surface area contributed by atoms with Crippen LogP contribution < -0.4 is 5.73 Å². The monoisotopic (exact) mass is 233 g/mol. The maximum atomic E-state index is 10.9. The average Bonchev–Trinajstić information content (AvgIpc) is 2.70. The number of carboxylic acid groups (broad SMARTS) is 1. The van der Waals surface area contributed by atoms with Crippen LogP contribution in [-0.4, -0.2) is 17.6 Å². The number of rotatable bonds is 3. The molecule has 1 aromatic heterocycles. The topological polar surface area (TPSA) is 63.3 Å². The molecule has 0 aliphatic rings. The Morgan fingerprint density at radius 2 is 2.31 bits per heavy atom. The molecule has 1 heterocycles. The lowest BCUT2D eigenvalue weighted by Gasteiger charge is -1.95. The lowest BCUT2D eigenvalue weighted by Crippen LogP contribution is -1.92. The van der Waals surface area contributed by atoms with Gasteiger partial charge in [-0.25, -0.2) is 4.79 Å². The van der Waals surface area contributed by atoms with E-state index in [2.05, 4.69) is 0 Å². The van der Waals surface area contributed by atoms with Crippen LogP contribution in [0.1, 0.15) is 15.2 Å². The Morgan fingerprint density at radius 3 is 3.00 bits per heavy atom. The molecule has 0 spiro atoms. The minimum Gasteiger partial charge on any atom is -0.477 e. The first-order valence-electron chi connectivity index (χ1n) is 4.85. The fraction of sp³-hybridized carbons (Fsp3) is 0.0833. The summed E-state index contributed by atoms with van der Waals surface area (Å²) in [4.78, 5) is 11.2. The molecule has 0 atom stereocenters. The zero-order chi connectivity index (χ0) is 11.5. The number of fused-ring (bicyclic) bond motifs is 1. The summed E-state index contributed by atoms with van der Waals surface area (Å²) in [6.07, 6.45) is 3.77. The zero-order valence-corrected chi connectivity index (χ0v) is 9.33. The molecule has 82 valence electrons. The van der Waals surface area contributed by atoms with E-state index in [4.69, 9.17) is 10.8 Å². The summed E-state index contributed by atoms with van der Waals surface area (Å²) >= 11 is 1.29. The van der Waals surface area contributed by atoms with E-state index >= 15 is 0 Å². The fourth-order valence-corrected chi connectivity index (χ4v) is 2.46. The summed E-state index contributed by atoms with van der Waals surface area (Å²) in [5, 5.41) is 9.89. The Bertz CT molecular complexity index is 557. The Balaban J connectivity index is 2.58. The molecule has 3 N–H and O–H groups in total. The van der Waals surface area contributed by atoms with Gasteiger partial charge in [0.2, 0.25) is 0 Å². The number of benzene rings is 1. The van der Waals surface area contributed by atoms with Gasteiger partial charge in [-0.2, -0.15) is 0 Å². The van der Waals surface area contributed by atoms with Crippen LogP contribution in [0.25, 0.3) is 16.2 Å². The largest absolute Gasteiger partial charge is 0.477 e. The third kappa shape index (κ3) is 1.98. The molecule has 1 aromatic carbocycles. The predicted octanol–water partition coefficient (Wildman–Crippen LogP) is 2.57. The van der Waals surface area contributed by atoms with Crippen LogP contribution in [0.15, 0.2) is 30.3 Å². The van der Waals surface area contributed by atoms with Crippen LogP contribution in [0.2, 0.25) is 0 Å². The van der Waals surface area contributed by atoms with Gasteiger partial charge in [0.15, 0.2) is 0 Å². The minimum absolute atomic E-state index is 0.364. The van der Waals surface area contributed by atoms with Crippen molar-refractivity contribution in [1.82, 2.24) is 0 Å². The van der Waals surface area contributed by atoms with Crippen LogP contribution in [0.5, 0.6) is 0 Å². The van der Waals surface area contributed by atoms with Crippen LogP contribution in [-0.2, 0) is 0 Å². The first kappa shape index (κ1) is 10.9. The highest BCUT2D eigenvalue weighted by Gasteiger charge is 2.09. The number of thiophene rings is 1. The first-order valence-corrected chi connectivity index (χ1v) is 5.66. The summed E-state index contributed by atoms with van der Waals surface area (Å²) in [5.41, 5.74) is 6.40. The summed E-state index contributed by atoms with van der Waals surface area (Å²) in [7, 11) is 0. The molecule has 0 saturated carbocycles. The Labute approximate surface area is 96.8 Å². The molecule has 0 fully saturated rings. The second-order valence-electron chi connectivity index (χ2n) is 3.31. The third-order valence-electron chi connectivity index (χ3n) is 2.24. The highest BCUT2D eigenvalue weighted by atomic mass is 32.1. The van der Waals surface area contributed by atoms with Crippen LogP contribution >= 0.6 is 11.3 Å². The van der Waals surface area contributed by atoms with Crippen molar-refractivity contribution in [3.63, 3.8) is 0 Å². The lowest BCUT2D eigenvalue weighted by atomic mass is 10.1. The van der Waals surface area contributed by atoms with Gasteiger partial charge >= 0.3 is 5.97 Å². The van der Waals surface area contributed by atoms with E-state index in [0.717, 1.165) is 15.6 Å². The minimum atomic E-state index is -0.880. The lowest BCUT2D eigenvalue weighted by molar-refractivity contribution is 0.0702. The Morgan fingerprint density at radius 1 is 1.50 bits per heavy atom. The highest BCUT2D eigenvalue weighted by molar-refractivity contribution is 7.20. The predicted molar refractivity (Wildman–Crippen MR) is 66.9 cm³/mol. The molecule has 3 nitrogen and oxygen atoms in total. The third-order valence-corrected chi connectivity index (χ3v) is 3.33. The van der Waals surface area contributed by atoms with E-state index in [-0.39, 0.29) is 0 Å². The van der Waals surface area contributed by atoms with Gasteiger partial charge in [0.1, 0.15) is 4.88 Å². The quantitative estimate of drug-likeness (QED) is 0.856. The van der Waals surface area contributed by atoms with Gasteiger partial charge < -0.3 is 10.8 Å². The van der Waals surface area contributed by atoms with Crippen molar-refractivity contribution in [2.24, 2.45) is 5.73 Å². The molecule has 4 heteroatoms. The van der Waals surface area contributed by atoms with Gasteiger partial charge in [-0.05, 0) is 17.7 Å². The molecule has 0 aliphatic carbocycles. The first-order chi connectivity index (χ1) is 7.72. The van der Waals surface area contributed by atoms with E-state index in [9.17, 15) is 4.79 Å². The number of hydrogen-bond acceptors (Lipinski definition) is 3. The molecule has 0 aliphatic heterocycles. The number of nitrogens with two attached hydrogens (primary N) is 1. The highest BCUT2D eigenvalue weighted by Crippen LogP contribution is 2.29. The molecule has 0 amide bonds. The summed E-state index contributed by atoms with van der Waals surface area (Å²) in [6.45, 7) is 0.478. The molecule has 0 unspecified atom stereocenters. The molecule has 2 rings (SSSR count). The summed E-state index contributed by atoms with van der Waals surface area (Å²) in [5.74, 6) is -0.880. The smallest absolute Gasteiger partial charge is 0.345 e. The molecule has 0 saturated heterocycles. The molecular weight excluding hydrogens is 222 g/mol. The van der Waals surface area contributed by atoms with Gasteiger partial charge in [0.05, 0.1) is 0 Å². The van der Waals surface area contributed by atoms with Crippen molar-refractivity contribution >= 4 is 33.5 Å². The molecule has 0 bridgehead atoms. The van der Waals surface area contributed by atoms with Crippen LogP contribution in [0.3, 0.4) is 0 Å². The number of hydrogen-bond donors (Lipinski definition) is 2. The number of aromatic carboxylic acids is 1. The molecule has 0 radical (unpaired) electrons. The Hall–Kier alpha value is -1.65. The van der Waals surface area contributed by atoms with E-state index in [1.165, 1.54) is 11.3 Å². The fourth-order valence-electron chi connectivity index (χ4n) is 1.53. The molecular formula is C12H11NO2S. The summed E-state index contributed by atoms with van der Waals surface area (Å²) < 4.78 is 0.983. The maximum Gasteiger partial charge on any atom is 0.345 e. The molecule has 16 heavy (non-hydrogen) atoms. The van der Waals surface area contributed by atoms with Crippen molar-refractivity contribution in [2.75, 3.05) is 6.54 Å². The molecule has 2 aromatic rings. The van der Waals surface area contributed by atoms with Gasteiger partial charge in [-0.15, -0.1) is 11.3 Å². The second kappa shape index (κ2) is 4.47. The number of carboxylic acids is 1. The standard InChI is InChI=1S/C12H11NO2S/c13-6-2-4-8-3-1-5-10-9(8)7-11(16-10)12(14)15/h1-5,7H,6,13H2,(H,14,15). The zero-order valence-electron chi connectivity index (χ0n) is 8.51. The second-order valence-corrected chi connectivity index (χ2v) is 4.40. The van der Waals surface area contributed by atoms with E-state index in [1.807, 2.05) is 30.4 Å². The van der Waals surface area contributed by atoms with Crippen molar-refractivity contribution in [2.45, 2.75) is 0 Å². The van der Waals surface area contributed by atoms with Crippen molar-refractivity contribution in [3.8, 4) is 0 Å². The van der Waals surface area contributed by atoms with Crippen LogP contribution in [0.4, 0.5) is 0 Å². The normalized spacial score (nSPS) is 11.3. The Kier molecular flexibility index (Phi) is 3.03. The maximum absolute atomic E-state index is 10.9. The van der Waals surface area contributed by atoms with Crippen molar-refractivity contribution in [1.29, 1.82) is 0 Å². The van der Waals surface area contributed by atoms with Crippen LogP contribution in [0, 0.1) is 0 Å². The van der Waals surface area contributed by atoms with E-state index < -0.39 is 5.97 Å². The summed E-state index contributed by atoms with van der Waals surface area (Å²) in [6, 6.07) is 7.50.